The number of nitrogens with zero attached hydrogens (tertiary/aromatic N) is 3. The Kier molecular flexibility index (Phi) is 7.67. The van der Waals surface area contributed by atoms with Crippen LogP contribution in [0.4, 0.5) is 14.5 Å². The van der Waals surface area contributed by atoms with E-state index in [4.69, 9.17) is 14.6 Å². The molecule has 4 rings (SSSR count). The zero-order valence-electron chi connectivity index (χ0n) is 20.2. The number of aromatic nitrogens is 3. The average Bonchev–Trinajstić information content (AvgIpc) is 2.86. The second kappa shape index (κ2) is 10.9. The maximum atomic E-state index is 14.2. The first-order valence-corrected chi connectivity index (χ1v) is 12.7. The van der Waals surface area contributed by atoms with Gasteiger partial charge in [-0.3, -0.25) is 9.52 Å². The van der Waals surface area contributed by atoms with E-state index in [1.807, 2.05) is 0 Å². The predicted octanol–water partition coefficient (Wildman–Crippen LogP) is 4.33. The van der Waals surface area contributed by atoms with Gasteiger partial charge in [-0.15, -0.1) is 0 Å². The van der Waals surface area contributed by atoms with E-state index in [1.165, 1.54) is 25.7 Å². The molecule has 13 heteroatoms. The molecule has 0 spiro atoms. The minimum Gasteiger partial charge on any atom is -0.491 e. The van der Waals surface area contributed by atoms with Gasteiger partial charge in [-0.25, -0.2) is 32.2 Å². The van der Waals surface area contributed by atoms with E-state index >= 15 is 0 Å². The molecule has 0 aliphatic heterocycles. The number of nitrogens with one attached hydrogen (secondary N) is 1. The van der Waals surface area contributed by atoms with Crippen molar-refractivity contribution in [1.82, 2.24) is 15.0 Å². The van der Waals surface area contributed by atoms with Crippen molar-refractivity contribution < 1.29 is 36.6 Å². The zero-order chi connectivity index (χ0) is 27.4. The van der Waals surface area contributed by atoms with Crippen LogP contribution >= 0.6 is 0 Å². The fraction of sp³-hybridized carbons (Fsp3) is 0.200. The van der Waals surface area contributed by atoms with Crippen LogP contribution in [0.25, 0.3) is 22.0 Å². The van der Waals surface area contributed by atoms with Gasteiger partial charge in [-0.1, -0.05) is 0 Å². The molecule has 0 saturated carbocycles. The van der Waals surface area contributed by atoms with Crippen molar-refractivity contribution in [2.24, 2.45) is 0 Å². The highest BCUT2D eigenvalue weighted by molar-refractivity contribution is 7.92. The number of rotatable bonds is 10. The molecule has 0 unspecified atom stereocenters. The number of benzene rings is 2. The van der Waals surface area contributed by atoms with Crippen LogP contribution in [0.15, 0.2) is 53.8 Å². The number of fused-ring (bicyclic) bond motifs is 1. The molecule has 2 aromatic carbocycles. The fourth-order valence-electron chi connectivity index (χ4n) is 3.68. The number of ether oxygens (including phenoxy) is 2. The van der Waals surface area contributed by atoms with Crippen molar-refractivity contribution in [1.29, 1.82) is 0 Å². The van der Waals surface area contributed by atoms with Gasteiger partial charge in [0.25, 0.3) is 10.0 Å². The van der Waals surface area contributed by atoms with Crippen LogP contribution in [0.5, 0.6) is 11.6 Å². The molecule has 2 N–H and O–H groups in total. The molecule has 0 fully saturated rings. The smallest absolute Gasteiger partial charge is 0.303 e. The lowest BCUT2D eigenvalue weighted by Gasteiger charge is -2.15. The summed E-state index contributed by atoms with van der Waals surface area (Å²) in [6, 6.07) is 7.00. The SMILES string of the molecule is COc1ncc(-c2cc(OCCCC(=O)O)c3ncnc(C)c3c2)cc1NS(=O)(=O)c1ccc(F)cc1F. The molecule has 0 bridgehead atoms. The number of sulfonamides is 1. The molecule has 0 radical (unpaired) electrons. The summed E-state index contributed by atoms with van der Waals surface area (Å²) in [6.07, 6.45) is 3.05. The van der Waals surface area contributed by atoms with Gasteiger partial charge in [-0.2, -0.15) is 0 Å². The number of aryl methyl sites for hydroxylation is 1. The Morgan fingerprint density at radius 2 is 1.87 bits per heavy atom. The Morgan fingerprint density at radius 1 is 1.08 bits per heavy atom. The van der Waals surface area contributed by atoms with E-state index in [0.717, 1.165) is 12.1 Å². The number of halogens is 2. The Hall–Kier alpha value is -4.39. The van der Waals surface area contributed by atoms with Gasteiger partial charge in [-0.05, 0) is 49.2 Å². The van der Waals surface area contributed by atoms with Crippen LogP contribution in [-0.2, 0) is 14.8 Å². The zero-order valence-corrected chi connectivity index (χ0v) is 21.1. The van der Waals surface area contributed by atoms with E-state index in [2.05, 4.69) is 19.7 Å². The highest BCUT2D eigenvalue weighted by Crippen LogP contribution is 2.35. The Balaban J connectivity index is 1.75. The summed E-state index contributed by atoms with van der Waals surface area (Å²) < 4.78 is 66.5. The van der Waals surface area contributed by atoms with Gasteiger partial charge in [0.1, 0.15) is 39.8 Å². The van der Waals surface area contributed by atoms with Crippen LogP contribution in [-0.4, -0.2) is 48.2 Å². The summed E-state index contributed by atoms with van der Waals surface area (Å²) in [4.78, 5) is 22.8. The normalized spacial score (nSPS) is 11.4. The van der Waals surface area contributed by atoms with E-state index < -0.39 is 32.5 Å². The number of anilines is 1. The number of carboxylic acids is 1. The van der Waals surface area contributed by atoms with E-state index in [0.29, 0.717) is 39.5 Å². The molecule has 4 aromatic rings. The molecule has 10 nitrogen and oxygen atoms in total. The van der Waals surface area contributed by atoms with Gasteiger partial charge in [0.05, 0.1) is 13.7 Å². The number of carbonyl (C=O) groups is 1. The standard InChI is InChI=1S/C25H22F2N4O6S/c1-14-18-8-15(10-21(24(18)30-13-29-14)37-7-3-4-23(32)33)16-9-20(25(36-2)28-12-16)31-38(34,35)22-6-5-17(26)11-19(22)27/h5-6,8-13,31H,3-4,7H2,1-2H3,(H,32,33). The van der Waals surface area contributed by atoms with Crippen LogP contribution in [0.2, 0.25) is 0 Å². The Labute approximate surface area is 216 Å². The molecular weight excluding hydrogens is 522 g/mol. The maximum absolute atomic E-state index is 14.2. The summed E-state index contributed by atoms with van der Waals surface area (Å²) >= 11 is 0. The highest BCUT2D eigenvalue weighted by Gasteiger charge is 2.22. The monoisotopic (exact) mass is 544 g/mol. The second-order valence-corrected chi connectivity index (χ2v) is 9.79. The fourth-order valence-corrected chi connectivity index (χ4v) is 4.79. The highest BCUT2D eigenvalue weighted by atomic mass is 32.2. The van der Waals surface area contributed by atoms with Gasteiger partial charge < -0.3 is 14.6 Å². The summed E-state index contributed by atoms with van der Waals surface area (Å²) in [5.41, 5.74) is 2.10. The Morgan fingerprint density at radius 3 is 2.58 bits per heavy atom. The number of pyridine rings is 1. The number of hydrogen-bond donors (Lipinski definition) is 2. The molecule has 0 aliphatic rings. The quantitative estimate of drug-likeness (QED) is 0.279. The topological polar surface area (TPSA) is 141 Å². The number of aliphatic carboxylic acids is 1. The predicted molar refractivity (Wildman–Crippen MR) is 134 cm³/mol. The molecule has 2 heterocycles. The maximum Gasteiger partial charge on any atom is 0.303 e. The third-order valence-electron chi connectivity index (χ3n) is 5.50. The van der Waals surface area contributed by atoms with Crippen molar-refractivity contribution in [3.63, 3.8) is 0 Å². The largest absolute Gasteiger partial charge is 0.491 e. The number of methoxy groups -OCH3 is 1. The van der Waals surface area contributed by atoms with Gasteiger partial charge >= 0.3 is 5.97 Å². The molecule has 0 aliphatic carbocycles. The lowest BCUT2D eigenvalue weighted by molar-refractivity contribution is -0.137. The molecule has 38 heavy (non-hydrogen) atoms. The van der Waals surface area contributed by atoms with Gasteiger partial charge in [0, 0.05) is 35.3 Å². The third-order valence-corrected chi connectivity index (χ3v) is 6.90. The van der Waals surface area contributed by atoms with Crippen molar-refractivity contribution in [2.75, 3.05) is 18.4 Å². The summed E-state index contributed by atoms with van der Waals surface area (Å²) in [5.74, 6) is -2.82. The first-order valence-electron chi connectivity index (χ1n) is 11.2. The molecule has 0 amide bonds. The van der Waals surface area contributed by atoms with Crippen LogP contribution < -0.4 is 14.2 Å². The summed E-state index contributed by atoms with van der Waals surface area (Å²) in [6.45, 7) is 1.91. The molecular formula is C25H22F2N4O6S. The summed E-state index contributed by atoms with van der Waals surface area (Å²) in [7, 11) is -3.18. The number of carboxylic acid groups (broad SMARTS) is 1. The van der Waals surface area contributed by atoms with Crippen molar-refractivity contribution in [3.8, 4) is 22.8 Å². The first kappa shape index (κ1) is 26.7. The first-order chi connectivity index (χ1) is 18.1. The van der Waals surface area contributed by atoms with Crippen LogP contribution in [0.1, 0.15) is 18.5 Å². The van der Waals surface area contributed by atoms with Crippen LogP contribution in [0, 0.1) is 18.6 Å². The molecule has 2 aromatic heterocycles. The molecule has 0 atom stereocenters. The second-order valence-electron chi connectivity index (χ2n) is 8.14. The lowest BCUT2D eigenvalue weighted by Crippen LogP contribution is -2.15. The minimum atomic E-state index is -4.47. The lowest BCUT2D eigenvalue weighted by atomic mass is 10.0. The van der Waals surface area contributed by atoms with Gasteiger partial charge in [0.15, 0.2) is 0 Å². The van der Waals surface area contributed by atoms with E-state index in [-0.39, 0.29) is 31.0 Å². The van der Waals surface area contributed by atoms with Crippen molar-refractivity contribution in [3.05, 3.63) is 66.3 Å². The van der Waals surface area contributed by atoms with Crippen molar-refractivity contribution in [2.45, 2.75) is 24.7 Å². The molecule has 0 saturated heterocycles. The van der Waals surface area contributed by atoms with Crippen molar-refractivity contribution >= 4 is 32.6 Å². The van der Waals surface area contributed by atoms with Crippen LogP contribution in [0.3, 0.4) is 0 Å². The van der Waals surface area contributed by atoms with Gasteiger partial charge in [0.2, 0.25) is 5.88 Å². The molecule has 198 valence electrons. The number of hydrogen-bond acceptors (Lipinski definition) is 8. The van der Waals surface area contributed by atoms with E-state index in [1.54, 1.807) is 19.1 Å². The van der Waals surface area contributed by atoms with E-state index in [9.17, 15) is 22.0 Å². The summed E-state index contributed by atoms with van der Waals surface area (Å²) in [5, 5.41) is 9.54. The third kappa shape index (κ3) is 5.78. The minimum absolute atomic E-state index is 0.0633. The average molecular weight is 545 g/mol. The Bertz CT molecular complexity index is 1630.